The van der Waals surface area contributed by atoms with E-state index >= 15 is 0 Å². The van der Waals surface area contributed by atoms with Crippen LogP contribution in [-0.2, 0) is 6.54 Å². The maximum Gasteiger partial charge on any atom is 0.183 e. The summed E-state index contributed by atoms with van der Waals surface area (Å²) in [5, 5.41) is 0. The van der Waals surface area contributed by atoms with Gasteiger partial charge in [0, 0.05) is 12.4 Å². The standard InChI is InChI=1S/C9H8Br2N2O/c10-8-5-7(14-9(8)11)6-12-13-3-1-2-4-13/h1-5,12H,6H2. The van der Waals surface area contributed by atoms with Gasteiger partial charge in [-0.3, -0.25) is 4.68 Å². The van der Waals surface area contributed by atoms with Gasteiger partial charge >= 0.3 is 0 Å². The zero-order chi connectivity index (χ0) is 9.97. The van der Waals surface area contributed by atoms with Gasteiger partial charge in [0.2, 0.25) is 0 Å². The van der Waals surface area contributed by atoms with Gasteiger partial charge in [0.05, 0.1) is 11.0 Å². The highest BCUT2D eigenvalue weighted by Crippen LogP contribution is 2.26. The Balaban J connectivity index is 1.98. The molecule has 5 heteroatoms. The molecule has 0 saturated carbocycles. The van der Waals surface area contributed by atoms with Gasteiger partial charge in [0.15, 0.2) is 4.67 Å². The quantitative estimate of drug-likeness (QED) is 0.940. The van der Waals surface area contributed by atoms with E-state index in [0.717, 1.165) is 14.9 Å². The summed E-state index contributed by atoms with van der Waals surface area (Å²) in [5.74, 6) is 0.873. The van der Waals surface area contributed by atoms with Crippen LogP contribution >= 0.6 is 31.9 Å². The van der Waals surface area contributed by atoms with Gasteiger partial charge in [0.1, 0.15) is 5.76 Å². The molecule has 0 amide bonds. The van der Waals surface area contributed by atoms with Crippen LogP contribution in [0, 0.1) is 0 Å². The van der Waals surface area contributed by atoms with Crippen LogP contribution in [0.2, 0.25) is 0 Å². The molecule has 0 aromatic carbocycles. The van der Waals surface area contributed by atoms with Crippen molar-refractivity contribution in [2.75, 3.05) is 5.43 Å². The second kappa shape index (κ2) is 4.23. The fourth-order valence-electron chi connectivity index (χ4n) is 1.09. The number of nitrogens with one attached hydrogen (secondary N) is 1. The average Bonchev–Trinajstić information content (AvgIpc) is 2.74. The third-order valence-corrected chi connectivity index (χ3v) is 3.45. The van der Waals surface area contributed by atoms with E-state index in [9.17, 15) is 0 Å². The van der Waals surface area contributed by atoms with Gasteiger partial charge in [-0.25, -0.2) is 0 Å². The third-order valence-electron chi connectivity index (χ3n) is 1.74. The molecule has 0 fully saturated rings. The summed E-state index contributed by atoms with van der Waals surface area (Å²) in [5.41, 5.74) is 3.16. The van der Waals surface area contributed by atoms with E-state index < -0.39 is 0 Å². The minimum absolute atomic E-state index is 0.652. The van der Waals surface area contributed by atoms with Crippen LogP contribution in [0.3, 0.4) is 0 Å². The fraction of sp³-hybridized carbons (Fsp3) is 0.111. The normalized spacial score (nSPS) is 10.4. The second-order valence-corrected chi connectivity index (χ2v) is 4.33. The van der Waals surface area contributed by atoms with Crippen LogP contribution in [0.1, 0.15) is 5.76 Å². The van der Waals surface area contributed by atoms with E-state index in [-0.39, 0.29) is 0 Å². The summed E-state index contributed by atoms with van der Waals surface area (Å²) in [7, 11) is 0. The number of hydrogen-bond donors (Lipinski definition) is 1. The maximum absolute atomic E-state index is 5.41. The van der Waals surface area contributed by atoms with E-state index in [1.165, 1.54) is 0 Å². The summed E-state index contributed by atoms with van der Waals surface area (Å²) >= 11 is 6.65. The highest BCUT2D eigenvalue weighted by atomic mass is 79.9. The zero-order valence-electron chi connectivity index (χ0n) is 7.21. The molecule has 0 aliphatic rings. The highest BCUT2D eigenvalue weighted by Gasteiger charge is 2.04. The van der Waals surface area contributed by atoms with E-state index in [4.69, 9.17) is 4.42 Å². The Morgan fingerprint density at radius 2 is 2.00 bits per heavy atom. The molecule has 14 heavy (non-hydrogen) atoms. The summed E-state index contributed by atoms with van der Waals surface area (Å²) in [6.07, 6.45) is 3.88. The number of hydrogen-bond acceptors (Lipinski definition) is 2. The fourth-order valence-corrected chi connectivity index (χ4v) is 1.75. The molecule has 1 N–H and O–H groups in total. The smallest absolute Gasteiger partial charge is 0.183 e. The Hall–Kier alpha value is -0.680. The molecule has 3 nitrogen and oxygen atoms in total. The van der Waals surface area contributed by atoms with Crippen LogP contribution in [0.4, 0.5) is 0 Å². The van der Waals surface area contributed by atoms with Crippen LogP contribution in [-0.4, -0.2) is 4.68 Å². The van der Waals surface area contributed by atoms with Crippen molar-refractivity contribution < 1.29 is 4.42 Å². The third kappa shape index (κ3) is 2.22. The highest BCUT2D eigenvalue weighted by molar-refractivity contribution is 9.13. The molecular weight excluding hydrogens is 312 g/mol. The molecule has 2 heterocycles. The Morgan fingerprint density at radius 1 is 1.29 bits per heavy atom. The van der Waals surface area contributed by atoms with Crippen molar-refractivity contribution in [1.29, 1.82) is 0 Å². The first-order chi connectivity index (χ1) is 6.75. The Morgan fingerprint density at radius 3 is 2.57 bits per heavy atom. The van der Waals surface area contributed by atoms with Crippen LogP contribution in [0.5, 0.6) is 0 Å². The lowest BCUT2D eigenvalue weighted by Crippen LogP contribution is -2.11. The molecule has 0 aliphatic heterocycles. The van der Waals surface area contributed by atoms with Crippen molar-refractivity contribution in [3.63, 3.8) is 0 Å². The van der Waals surface area contributed by atoms with Gasteiger partial charge in [0.25, 0.3) is 0 Å². The molecule has 0 radical (unpaired) electrons. The topological polar surface area (TPSA) is 30.1 Å². The van der Waals surface area contributed by atoms with Crippen molar-refractivity contribution >= 4 is 31.9 Å². The van der Waals surface area contributed by atoms with Gasteiger partial charge in [-0.2, -0.15) is 0 Å². The first-order valence-corrected chi connectivity index (χ1v) is 5.65. The molecule has 0 spiro atoms. The maximum atomic E-state index is 5.41. The number of halogens is 2. The summed E-state index contributed by atoms with van der Waals surface area (Å²) in [6, 6.07) is 5.85. The number of furan rings is 1. The average molecular weight is 320 g/mol. The molecule has 2 aromatic heterocycles. The summed E-state index contributed by atoms with van der Waals surface area (Å²) in [4.78, 5) is 0. The van der Waals surface area contributed by atoms with Crippen LogP contribution < -0.4 is 5.43 Å². The van der Waals surface area contributed by atoms with Crippen molar-refractivity contribution in [1.82, 2.24) is 4.68 Å². The minimum atomic E-state index is 0.652. The lowest BCUT2D eigenvalue weighted by Gasteiger charge is -2.03. The first kappa shape index (κ1) is 9.86. The number of rotatable bonds is 3. The molecule has 2 aromatic rings. The van der Waals surface area contributed by atoms with Gasteiger partial charge in [-0.05, 0) is 50.1 Å². The number of aromatic nitrogens is 1. The SMILES string of the molecule is Brc1cc(CNn2cccc2)oc1Br. The van der Waals surface area contributed by atoms with Crippen molar-refractivity contribution in [3.8, 4) is 0 Å². The van der Waals surface area contributed by atoms with Gasteiger partial charge in [-0.15, -0.1) is 0 Å². The summed E-state index contributed by atoms with van der Waals surface area (Å²) in [6.45, 7) is 0.652. The molecule has 0 atom stereocenters. The van der Waals surface area contributed by atoms with E-state index in [1.807, 2.05) is 35.3 Å². The zero-order valence-corrected chi connectivity index (χ0v) is 10.4. The monoisotopic (exact) mass is 318 g/mol. The van der Waals surface area contributed by atoms with Crippen LogP contribution in [0.25, 0.3) is 0 Å². The second-order valence-electron chi connectivity index (χ2n) is 2.76. The van der Waals surface area contributed by atoms with Crippen molar-refractivity contribution in [2.24, 2.45) is 0 Å². The van der Waals surface area contributed by atoms with Gasteiger partial charge < -0.3 is 9.84 Å². The molecule has 2 rings (SSSR count). The van der Waals surface area contributed by atoms with Crippen molar-refractivity contribution in [2.45, 2.75) is 6.54 Å². The molecule has 0 unspecified atom stereocenters. The Bertz CT molecular complexity index is 389. The van der Waals surface area contributed by atoms with E-state index in [2.05, 4.69) is 37.3 Å². The predicted octanol–water partition coefficient (Wildman–Crippen LogP) is 3.35. The minimum Gasteiger partial charge on any atom is -0.451 e. The Kier molecular flexibility index (Phi) is 2.98. The van der Waals surface area contributed by atoms with E-state index in [1.54, 1.807) is 0 Å². The number of nitrogens with zero attached hydrogens (tertiary/aromatic N) is 1. The summed E-state index contributed by atoms with van der Waals surface area (Å²) < 4.78 is 8.94. The first-order valence-electron chi connectivity index (χ1n) is 4.06. The van der Waals surface area contributed by atoms with E-state index in [0.29, 0.717) is 6.54 Å². The largest absolute Gasteiger partial charge is 0.451 e. The van der Waals surface area contributed by atoms with Crippen LogP contribution in [0.15, 0.2) is 44.2 Å². The lowest BCUT2D eigenvalue weighted by atomic mass is 10.5. The predicted molar refractivity (Wildman–Crippen MR) is 61.6 cm³/mol. The lowest BCUT2D eigenvalue weighted by molar-refractivity contribution is 0.488. The van der Waals surface area contributed by atoms with Gasteiger partial charge in [-0.1, -0.05) is 0 Å². The molecule has 74 valence electrons. The molecule has 0 aliphatic carbocycles. The molecule has 0 bridgehead atoms. The van der Waals surface area contributed by atoms with Crippen molar-refractivity contribution in [3.05, 3.63) is 45.5 Å². The molecule has 0 saturated heterocycles. The molecular formula is C9H8Br2N2O. The Labute approximate surface area is 98.3 Å².